The van der Waals surface area contributed by atoms with Crippen molar-refractivity contribution in [2.45, 2.75) is 0 Å². The average Bonchev–Trinajstić information content (AvgIpc) is 2.81. The minimum Gasteiger partial charge on any atom is -0.369 e. The van der Waals surface area contributed by atoms with E-state index in [2.05, 4.69) is 4.98 Å². The normalized spacial score (nSPS) is 21.0. The van der Waals surface area contributed by atoms with Gasteiger partial charge >= 0.3 is 0 Å². The molecule has 0 bridgehead atoms. The van der Waals surface area contributed by atoms with Gasteiger partial charge in [0.25, 0.3) is 5.91 Å². The molecule has 0 aromatic carbocycles. The fourth-order valence-electron chi connectivity index (χ4n) is 2.13. The van der Waals surface area contributed by atoms with Gasteiger partial charge < -0.3 is 10.6 Å². The van der Waals surface area contributed by atoms with Crippen LogP contribution in [0.25, 0.3) is 0 Å². The number of hydrogen-bond acceptors (Lipinski definition) is 6. The van der Waals surface area contributed by atoms with Crippen molar-refractivity contribution in [1.29, 1.82) is 0 Å². The third-order valence-corrected chi connectivity index (χ3v) is 5.32. The largest absolute Gasteiger partial charge is 0.369 e. The van der Waals surface area contributed by atoms with E-state index in [1.165, 1.54) is 26.7 Å². The van der Waals surface area contributed by atoms with Gasteiger partial charge in [0, 0.05) is 26.2 Å². The predicted octanol–water partition coefficient (Wildman–Crippen LogP) is -1.04. The number of nitrogens with zero attached hydrogens (tertiary/aromatic N) is 3. The number of amides is 2. The molecular formula is C11H16N4O4S2. The van der Waals surface area contributed by atoms with E-state index in [4.69, 9.17) is 5.73 Å². The first kappa shape index (κ1) is 15.9. The second kappa shape index (κ2) is 6.08. The van der Waals surface area contributed by atoms with Crippen molar-refractivity contribution >= 4 is 33.2 Å². The molecule has 1 aliphatic heterocycles. The first-order valence-corrected chi connectivity index (χ1v) is 8.94. The molecule has 8 nitrogen and oxygen atoms in total. The molecule has 21 heavy (non-hydrogen) atoms. The predicted molar refractivity (Wildman–Crippen MR) is 77.1 cm³/mol. The second-order valence-electron chi connectivity index (χ2n) is 4.84. The Morgan fingerprint density at radius 2 is 2.10 bits per heavy atom. The van der Waals surface area contributed by atoms with Crippen LogP contribution in [0.1, 0.15) is 9.67 Å². The summed E-state index contributed by atoms with van der Waals surface area (Å²) in [6, 6.07) is 0. The van der Waals surface area contributed by atoms with Crippen molar-refractivity contribution < 1.29 is 18.0 Å². The minimum atomic E-state index is -3.44. The van der Waals surface area contributed by atoms with Gasteiger partial charge in [-0.2, -0.15) is 4.31 Å². The van der Waals surface area contributed by atoms with Gasteiger partial charge in [-0.3, -0.25) is 14.6 Å². The number of hydrogen-bond donors (Lipinski definition) is 1. The van der Waals surface area contributed by atoms with Gasteiger partial charge in [-0.05, 0) is 0 Å². The van der Waals surface area contributed by atoms with E-state index in [0.29, 0.717) is 4.88 Å². The van der Waals surface area contributed by atoms with Crippen LogP contribution in [0, 0.1) is 5.92 Å². The Kier molecular flexibility index (Phi) is 4.59. The van der Waals surface area contributed by atoms with E-state index in [0.717, 1.165) is 6.26 Å². The smallest absolute Gasteiger partial charge is 0.265 e. The van der Waals surface area contributed by atoms with E-state index >= 15 is 0 Å². The summed E-state index contributed by atoms with van der Waals surface area (Å²) < 4.78 is 24.5. The molecule has 1 aromatic heterocycles. The summed E-state index contributed by atoms with van der Waals surface area (Å²) in [4.78, 5) is 29.5. The van der Waals surface area contributed by atoms with Gasteiger partial charge in [-0.1, -0.05) is 0 Å². The van der Waals surface area contributed by atoms with Crippen LogP contribution < -0.4 is 5.73 Å². The molecule has 0 unspecified atom stereocenters. The Morgan fingerprint density at radius 1 is 1.38 bits per heavy atom. The van der Waals surface area contributed by atoms with Gasteiger partial charge in [0.1, 0.15) is 4.88 Å². The van der Waals surface area contributed by atoms with Crippen LogP contribution in [0.2, 0.25) is 0 Å². The topological polar surface area (TPSA) is 114 Å². The number of aromatic nitrogens is 1. The number of primary amides is 1. The molecule has 10 heteroatoms. The quantitative estimate of drug-likeness (QED) is 0.759. The lowest BCUT2D eigenvalue weighted by Gasteiger charge is -2.21. The molecule has 2 amide bonds. The van der Waals surface area contributed by atoms with Gasteiger partial charge in [-0.25, -0.2) is 8.42 Å². The molecule has 1 saturated heterocycles. The molecule has 1 aromatic rings. The highest BCUT2D eigenvalue weighted by atomic mass is 32.2. The Morgan fingerprint density at radius 3 is 2.62 bits per heavy atom. The van der Waals surface area contributed by atoms with Crippen molar-refractivity contribution in [1.82, 2.24) is 14.2 Å². The van der Waals surface area contributed by atoms with Crippen molar-refractivity contribution in [2.24, 2.45) is 11.7 Å². The van der Waals surface area contributed by atoms with E-state index in [-0.39, 0.29) is 32.1 Å². The fraction of sp³-hybridized carbons (Fsp3) is 0.545. The third-order valence-electron chi connectivity index (χ3n) is 3.29. The first-order chi connectivity index (χ1) is 9.79. The third kappa shape index (κ3) is 3.77. The molecule has 0 spiro atoms. The average molecular weight is 332 g/mol. The molecule has 2 rings (SSSR count). The lowest BCUT2D eigenvalue weighted by atomic mass is 10.1. The van der Waals surface area contributed by atoms with Crippen molar-refractivity contribution in [2.75, 3.05) is 32.4 Å². The van der Waals surface area contributed by atoms with Crippen LogP contribution in [-0.2, 0) is 14.8 Å². The Labute approximate surface area is 126 Å². The molecule has 116 valence electrons. The molecule has 1 aliphatic rings. The van der Waals surface area contributed by atoms with Crippen molar-refractivity contribution in [3.05, 3.63) is 16.6 Å². The lowest BCUT2D eigenvalue weighted by molar-refractivity contribution is -0.122. The van der Waals surface area contributed by atoms with Crippen LogP contribution in [0.4, 0.5) is 0 Å². The summed E-state index contributed by atoms with van der Waals surface area (Å²) in [6.45, 7) is 0.472. The zero-order chi connectivity index (χ0) is 15.6. The van der Waals surface area contributed by atoms with Crippen LogP contribution in [-0.4, -0.2) is 66.9 Å². The Balaban J connectivity index is 2.22. The van der Waals surface area contributed by atoms with E-state index in [1.54, 1.807) is 5.51 Å². The van der Waals surface area contributed by atoms with Crippen molar-refractivity contribution in [3.8, 4) is 0 Å². The fourth-order valence-corrected chi connectivity index (χ4v) is 3.58. The van der Waals surface area contributed by atoms with Crippen LogP contribution >= 0.6 is 11.3 Å². The first-order valence-electron chi connectivity index (χ1n) is 6.21. The van der Waals surface area contributed by atoms with Gasteiger partial charge in [0.05, 0.1) is 23.9 Å². The number of carbonyl (C=O) groups excluding carboxylic acids is 2. The molecular weight excluding hydrogens is 316 g/mol. The molecule has 1 atom stereocenters. The Hall–Kier alpha value is -1.52. The number of carbonyl (C=O) groups is 2. The number of rotatable bonds is 3. The van der Waals surface area contributed by atoms with Gasteiger partial charge in [-0.15, -0.1) is 11.3 Å². The lowest BCUT2D eigenvalue weighted by Crippen LogP contribution is -2.40. The molecule has 0 saturated carbocycles. The van der Waals surface area contributed by atoms with Crippen LogP contribution in [0.5, 0.6) is 0 Å². The molecule has 0 aliphatic carbocycles. The zero-order valence-corrected chi connectivity index (χ0v) is 13.1. The maximum absolute atomic E-state index is 12.3. The summed E-state index contributed by atoms with van der Waals surface area (Å²) in [6.07, 6.45) is 2.53. The standard InChI is InChI=1S/C11H16N4O4S2/c1-21(18,19)15-3-2-14(5-8(6-15)10(12)16)11(17)9-4-13-7-20-9/h4,7-8H,2-3,5-6H2,1H3,(H2,12,16)/t8-/m1/s1. The SMILES string of the molecule is CS(=O)(=O)N1CCN(C(=O)c2cncs2)C[C@@H](C(N)=O)C1. The van der Waals surface area contributed by atoms with Crippen molar-refractivity contribution in [3.63, 3.8) is 0 Å². The van der Waals surface area contributed by atoms with Gasteiger partial charge in [0.2, 0.25) is 15.9 Å². The highest BCUT2D eigenvalue weighted by molar-refractivity contribution is 7.88. The minimum absolute atomic E-state index is 0.000632. The Bertz CT molecular complexity index is 629. The molecule has 0 radical (unpaired) electrons. The molecule has 1 fully saturated rings. The van der Waals surface area contributed by atoms with E-state index < -0.39 is 21.8 Å². The summed E-state index contributed by atoms with van der Waals surface area (Å²) in [7, 11) is -3.44. The number of thiazole rings is 1. The molecule has 2 heterocycles. The maximum Gasteiger partial charge on any atom is 0.265 e. The highest BCUT2D eigenvalue weighted by Gasteiger charge is 2.32. The van der Waals surface area contributed by atoms with Crippen LogP contribution in [0.15, 0.2) is 11.7 Å². The summed E-state index contributed by atoms with van der Waals surface area (Å²) >= 11 is 1.20. The monoisotopic (exact) mass is 332 g/mol. The summed E-state index contributed by atoms with van der Waals surface area (Å²) in [5, 5.41) is 0. The highest BCUT2D eigenvalue weighted by Crippen LogP contribution is 2.16. The van der Waals surface area contributed by atoms with Gasteiger partial charge in [0.15, 0.2) is 0 Å². The number of nitrogens with two attached hydrogens (primary N) is 1. The van der Waals surface area contributed by atoms with E-state index in [1.807, 2.05) is 0 Å². The summed E-state index contributed by atoms with van der Waals surface area (Å²) in [5.41, 5.74) is 6.86. The summed E-state index contributed by atoms with van der Waals surface area (Å²) in [5.74, 6) is -1.61. The van der Waals surface area contributed by atoms with Crippen LogP contribution in [0.3, 0.4) is 0 Å². The second-order valence-corrected chi connectivity index (χ2v) is 7.71. The zero-order valence-electron chi connectivity index (χ0n) is 11.4. The maximum atomic E-state index is 12.3. The van der Waals surface area contributed by atoms with E-state index in [9.17, 15) is 18.0 Å². The number of sulfonamides is 1. The molecule has 2 N–H and O–H groups in total.